The van der Waals surface area contributed by atoms with Crippen LogP contribution in [-0.2, 0) is 4.79 Å². The lowest BCUT2D eigenvalue weighted by Crippen LogP contribution is -2.36. The van der Waals surface area contributed by atoms with Gasteiger partial charge in [-0.2, -0.15) is 0 Å². The Hall–Kier alpha value is -2.73. The van der Waals surface area contributed by atoms with E-state index in [1.54, 1.807) is 17.7 Å². The Labute approximate surface area is 184 Å². The largest absolute Gasteiger partial charge is 0.389 e. The minimum Gasteiger partial charge on any atom is -0.389 e. The van der Waals surface area contributed by atoms with E-state index in [9.17, 15) is 15.0 Å². The lowest BCUT2D eigenvalue weighted by molar-refractivity contribution is -0.128. The van der Waals surface area contributed by atoms with Gasteiger partial charge in [0.1, 0.15) is 23.1 Å². The van der Waals surface area contributed by atoms with Crippen molar-refractivity contribution < 1.29 is 15.0 Å². The number of imidazole rings is 1. The summed E-state index contributed by atoms with van der Waals surface area (Å²) in [7, 11) is 0. The van der Waals surface area contributed by atoms with E-state index in [0.29, 0.717) is 29.8 Å². The molecule has 3 heterocycles. The third-order valence-corrected chi connectivity index (χ3v) is 7.52. The minimum atomic E-state index is -1.07. The SMILES string of the molecule is CCNc1cc(C#Cc2ccc(C)s2)nc2c1ncn2[C@@H]1C2C[C@@]2(C(C)=O)C(O)[C@H]1O. The number of fused-ring (bicyclic) bond motifs is 2. The van der Waals surface area contributed by atoms with Gasteiger partial charge in [0.2, 0.25) is 0 Å². The van der Waals surface area contributed by atoms with Gasteiger partial charge in [-0.3, -0.25) is 4.79 Å². The lowest BCUT2D eigenvalue weighted by Gasteiger charge is -2.23. The van der Waals surface area contributed by atoms with Gasteiger partial charge in [0.05, 0.1) is 34.5 Å². The van der Waals surface area contributed by atoms with Crippen LogP contribution in [0.25, 0.3) is 11.2 Å². The van der Waals surface area contributed by atoms with Gasteiger partial charge in [-0.15, -0.1) is 11.3 Å². The monoisotopic (exact) mass is 436 g/mol. The van der Waals surface area contributed by atoms with Gasteiger partial charge in [-0.1, -0.05) is 0 Å². The predicted octanol–water partition coefficient (Wildman–Crippen LogP) is 2.50. The third kappa shape index (κ3) is 2.99. The van der Waals surface area contributed by atoms with Gasteiger partial charge >= 0.3 is 0 Å². The maximum atomic E-state index is 12.2. The van der Waals surface area contributed by atoms with Crippen LogP contribution in [0.3, 0.4) is 0 Å². The van der Waals surface area contributed by atoms with Crippen molar-refractivity contribution in [1.29, 1.82) is 0 Å². The quantitative estimate of drug-likeness (QED) is 0.544. The van der Waals surface area contributed by atoms with Crippen molar-refractivity contribution in [3.05, 3.63) is 40.0 Å². The Morgan fingerprint density at radius 3 is 2.84 bits per heavy atom. The number of nitrogens with one attached hydrogen (secondary N) is 1. The fraction of sp³-hybridized carbons (Fsp3) is 0.435. The van der Waals surface area contributed by atoms with E-state index in [1.807, 2.05) is 36.6 Å². The molecule has 31 heavy (non-hydrogen) atoms. The molecule has 0 saturated heterocycles. The summed E-state index contributed by atoms with van der Waals surface area (Å²) in [6.45, 7) is 6.25. The highest BCUT2D eigenvalue weighted by Crippen LogP contribution is 2.68. The normalized spacial score (nSPS) is 28.8. The summed E-state index contributed by atoms with van der Waals surface area (Å²) in [5.41, 5.74) is 1.84. The predicted molar refractivity (Wildman–Crippen MR) is 119 cm³/mol. The Morgan fingerprint density at radius 1 is 1.39 bits per heavy atom. The first-order chi connectivity index (χ1) is 14.9. The molecule has 3 aromatic heterocycles. The Bertz CT molecular complexity index is 1250. The molecule has 0 radical (unpaired) electrons. The van der Waals surface area contributed by atoms with Crippen molar-refractivity contribution in [2.45, 2.75) is 45.4 Å². The number of ketones is 1. The summed E-state index contributed by atoms with van der Waals surface area (Å²) >= 11 is 1.63. The molecule has 5 atom stereocenters. The number of thiophene rings is 1. The fourth-order valence-electron chi connectivity index (χ4n) is 5.01. The number of aliphatic hydroxyl groups is 2. The van der Waals surface area contributed by atoms with Crippen LogP contribution >= 0.6 is 11.3 Å². The molecule has 2 aliphatic rings. The Kier molecular flexibility index (Phi) is 4.66. The van der Waals surface area contributed by atoms with Gasteiger partial charge < -0.3 is 20.1 Å². The van der Waals surface area contributed by atoms with E-state index in [-0.39, 0.29) is 11.7 Å². The van der Waals surface area contributed by atoms with E-state index >= 15 is 0 Å². The average Bonchev–Trinajstić information content (AvgIpc) is 2.99. The average molecular weight is 437 g/mol. The van der Waals surface area contributed by atoms with Crippen LogP contribution in [0.15, 0.2) is 24.5 Å². The molecule has 5 rings (SSSR count). The van der Waals surface area contributed by atoms with E-state index in [1.165, 1.54) is 11.8 Å². The molecule has 3 aromatic rings. The number of Topliss-reactive ketones (excluding diaryl/α,β-unsaturated/α-hetero) is 1. The zero-order chi connectivity index (χ0) is 21.9. The topological polar surface area (TPSA) is 100 Å². The van der Waals surface area contributed by atoms with Crippen LogP contribution in [0.2, 0.25) is 0 Å². The van der Waals surface area contributed by atoms with Crippen molar-refractivity contribution in [3.8, 4) is 11.8 Å². The number of aryl methyl sites for hydroxylation is 1. The number of aliphatic hydroxyl groups excluding tert-OH is 2. The number of pyridine rings is 1. The van der Waals surface area contributed by atoms with Crippen molar-refractivity contribution in [2.24, 2.45) is 11.3 Å². The molecule has 160 valence electrons. The summed E-state index contributed by atoms with van der Waals surface area (Å²) < 4.78 is 1.81. The zero-order valence-electron chi connectivity index (χ0n) is 17.6. The van der Waals surface area contributed by atoms with Crippen LogP contribution in [0.4, 0.5) is 5.69 Å². The molecule has 0 amide bonds. The van der Waals surface area contributed by atoms with Gasteiger partial charge in [0, 0.05) is 11.4 Å². The second-order valence-electron chi connectivity index (χ2n) is 8.40. The smallest absolute Gasteiger partial charge is 0.163 e. The number of aromatic nitrogens is 3. The molecule has 0 aliphatic heterocycles. The van der Waals surface area contributed by atoms with Crippen LogP contribution in [0.1, 0.15) is 41.8 Å². The molecule has 7 nitrogen and oxygen atoms in total. The third-order valence-electron chi connectivity index (χ3n) is 6.60. The number of hydrogen-bond acceptors (Lipinski definition) is 7. The molecule has 0 spiro atoms. The first-order valence-corrected chi connectivity index (χ1v) is 11.3. The molecular formula is C23H24N4O3S. The summed E-state index contributed by atoms with van der Waals surface area (Å²) in [4.78, 5) is 23.7. The lowest BCUT2D eigenvalue weighted by atomic mass is 9.95. The van der Waals surface area contributed by atoms with E-state index < -0.39 is 23.7 Å². The summed E-state index contributed by atoms with van der Waals surface area (Å²) in [5, 5.41) is 24.7. The first kappa shape index (κ1) is 20.2. The Morgan fingerprint density at radius 2 is 2.19 bits per heavy atom. The molecule has 3 N–H and O–H groups in total. The number of carbonyl (C=O) groups excluding carboxylic acids is 1. The second-order valence-corrected chi connectivity index (χ2v) is 9.69. The molecule has 2 saturated carbocycles. The first-order valence-electron chi connectivity index (χ1n) is 10.4. The molecule has 2 aliphatic carbocycles. The summed E-state index contributed by atoms with van der Waals surface area (Å²) in [6, 6.07) is 5.46. The van der Waals surface area contributed by atoms with E-state index in [0.717, 1.165) is 10.6 Å². The van der Waals surface area contributed by atoms with Crippen LogP contribution in [-0.4, -0.2) is 49.3 Å². The molecule has 2 unspecified atom stereocenters. The van der Waals surface area contributed by atoms with Gasteiger partial charge in [0.15, 0.2) is 5.65 Å². The fourth-order valence-corrected chi connectivity index (χ4v) is 5.73. The molecule has 0 bridgehead atoms. The van der Waals surface area contributed by atoms with Crippen LogP contribution in [0.5, 0.6) is 0 Å². The summed E-state index contributed by atoms with van der Waals surface area (Å²) in [5.74, 6) is 6.11. The van der Waals surface area contributed by atoms with Crippen molar-refractivity contribution in [2.75, 3.05) is 11.9 Å². The maximum Gasteiger partial charge on any atom is 0.163 e. The summed E-state index contributed by atoms with van der Waals surface area (Å²) in [6.07, 6.45) is 0.0966. The number of nitrogens with zero attached hydrogens (tertiary/aromatic N) is 3. The molecule has 8 heteroatoms. The van der Waals surface area contributed by atoms with Crippen LogP contribution in [0, 0.1) is 30.1 Å². The number of carbonyl (C=O) groups is 1. The number of anilines is 1. The highest BCUT2D eigenvalue weighted by atomic mass is 32.1. The van der Waals surface area contributed by atoms with Gasteiger partial charge in [0.25, 0.3) is 0 Å². The number of rotatable bonds is 4. The van der Waals surface area contributed by atoms with E-state index in [4.69, 9.17) is 4.98 Å². The highest BCUT2D eigenvalue weighted by Gasteiger charge is 2.74. The molecule has 0 aromatic carbocycles. The van der Waals surface area contributed by atoms with Gasteiger partial charge in [-0.25, -0.2) is 9.97 Å². The highest BCUT2D eigenvalue weighted by molar-refractivity contribution is 7.12. The maximum absolute atomic E-state index is 12.2. The standard InChI is InChI=1S/C23H24N4O3S/c1-4-24-17-9-14(6-8-15-7-5-12(2)31-15)26-22-18(17)25-11-27(22)19-16-10-23(16,13(3)28)21(30)20(19)29/h5,7,9,11,16,19-21,29-30H,4,10H2,1-3H3,(H,24,26)/t16?,19-,20+,21?,23+/m1/s1. The van der Waals surface area contributed by atoms with Crippen molar-refractivity contribution >= 4 is 34.0 Å². The molecular weight excluding hydrogens is 412 g/mol. The molecule has 2 fully saturated rings. The van der Waals surface area contributed by atoms with E-state index in [2.05, 4.69) is 22.1 Å². The number of hydrogen-bond donors (Lipinski definition) is 3. The zero-order valence-corrected chi connectivity index (χ0v) is 18.4. The van der Waals surface area contributed by atoms with Crippen molar-refractivity contribution in [1.82, 2.24) is 14.5 Å². The Balaban J connectivity index is 1.60. The second kappa shape index (κ2) is 7.16. The van der Waals surface area contributed by atoms with Crippen LogP contribution < -0.4 is 5.32 Å². The van der Waals surface area contributed by atoms with Crippen molar-refractivity contribution in [3.63, 3.8) is 0 Å². The van der Waals surface area contributed by atoms with Gasteiger partial charge in [-0.05, 0) is 63.1 Å². The minimum absolute atomic E-state index is 0.0740.